The van der Waals surface area contributed by atoms with Crippen molar-refractivity contribution in [2.45, 2.75) is 26.7 Å². The molecule has 2 aromatic carbocycles. The average molecular weight is 380 g/mol. The first-order chi connectivity index (χ1) is 13.2. The van der Waals surface area contributed by atoms with E-state index in [4.69, 9.17) is 12.2 Å². The average Bonchev–Trinajstić information content (AvgIpc) is 3.08. The largest absolute Gasteiger partial charge is 0.372 e. The van der Waals surface area contributed by atoms with Crippen molar-refractivity contribution >= 4 is 24.1 Å². The number of nitrogens with zero attached hydrogens (tertiary/aromatic N) is 4. The second-order valence-electron chi connectivity index (χ2n) is 6.35. The number of benzene rings is 2. The zero-order chi connectivity index (χ0) is 19.1. The third-order valence-electron chi connectivity index (χ3n) is 4.25. The molecule has 0 radical (unpaired) electrons. The van der Waals surface area contributed by atoms with Gasteiger partial charge in [0.2, 0.25) is 4.77 Å². The summed E-state index contributed by atoms with van der Waals surface area (Å²) >= 11 is 5.33. The molecule has 1 aromatic heterocycles. The number of hydrogen-bond donors (Lipinski definition) is 1. The Hall–Kier alpha value is -2.73. The van der Waals surface area contributed by atoms with Crippen molar-refractivity contribution in [2.24, 2.45) is 5.10 Å². The fourth-order valence-corrected chi connectivity index (χ4v) is 3.16. The van der Waals surface area contributed by atoms with Crippen molar-refractivity contribution in [1.82, 2.24) is 14.9 Å². The summed E-state index contributed by atoms with van der Waals surface area (Å²) in [6.07, 6.45) is 4.10. The molecule has 0 amide bonds. The van der Waals surface area contributed by atoms with Gasteiger partial charge in [0.25, 0.3) is 0 Å². The van der Waals surface area contributed by atoms with Crippen LogP contribution in [-0.2, 0) is 0 Å². The number of H-pyrrole nitrogens is 1. The first-order valence-corrected chi connectivity index (χ1v) is 9.76. The van der Waals surface area contributed by atoms with E-state index in [1.807, 2.05) is 36.5 Å². The van der Waals surface area contributed by atoms with E-state index in [1.54, 1.807) is 4.68 Å². The van der Waals surface area contributed by atoms with E-state index in [9.17, 15) is 0 Å². The molecule has 6 heteroatoms. The molecule has 0 aliphatic carbocycles. The first-order valence-electron chi connectivity index (χ1n) is 9.35. The maximum Gasteiger partial charge on any atom is 0.216 e. The maximum absolute atomic E-state index is 5.33. The Balaban J connectivity index is 1.81. The number of rotatable bonds is 8. The highest BCUT2D eigenvalue weighted by atomic mass is 32.1. The molecule has 0 saturated carbocycles. The van der Waals surface area contributed by atoms with Crippen LogP contribution in [0.5, 0.6) is 0 Å². The topological polar surface area (TPSA) is 49.2 Å². The maximum atomic E-state index is 5.33. The molecule has 0 fully saturated rings. The quantitative estimate of drug-likeness (QED) is 0.437. The second kappa shape index (κ2) is 9.28. The van der Waals surface area contributed by atoms with Crippen LogP contribution >= 0.6 is 12.2 Å². The summed E-state index contributed by atoms with van der Waals surface area (Å²) in [6.45, 7) is 6.57. The van der Waals surface area contributed by atoms with Crippen LogP contribution in [-0.4, -0.2) is 34.2 Å². The van der Waals surface area contributed by atoms with Crippen LogP contribution in [0.25, 0.3) is 11.4 Å². The third kappa shape index (κ3) is 4.71. The Morgan fingerprint density at radius 2 is 1.70 bits per heavy atom. The molecule has 140 valence electrons. The third-order valence-corrected chi connectivity index (χ3v) is 4.51. The van der Waals surface area contributed by atoms with E-state index in [2.05, 4.69) is 58.3 Å². The predicted molar refractivity (Wildman–Crippen MR) is 115 cm³/mol. The van der Waals surface area contributed by atoms with Gasteiger partial charge in [-0.1, -0.05) is 56.3 Å². The van der Waals surface area contributed by atoms with E-state index in [-0.39, 0.29) is 0 Å². The van der Waals surface area contributed by atoms with Gasteiger partial charge in [0.1, 0.15) is 0 Å². The summed E-state index contributed by atoms with van der Waals surface area (Å²) in [4.78, 5) is 2.42. The number of nitrogens with one attached hydrogen (secondary N) is 1. The van der Waals surface area contributed by atoms with Crippen LogP contribution in [0.3, 0.4) is 0 Å². The first kappa shape index (κ1) is 19.0. The lowest BCUT2D eigenvalue weighted by molar-refractivity contribution is 0.745. The van der Waals surface area contributed by atoms with Crippen LogP contribution in [0.15, 0.2) is 59.7 Å². The molecular formula is C21H25N5S. The minimum absolute atomic E-state index is 0.471. The fraction of sp³-hybridized carbons (Fsp3) is 0.286. The van der Waals surface area contributed by atoms with Gasteiger partial charge in [-0.25, -0.2) is 5.10 Å². The smallest absolute Gasteiger partial charge is 0.216 e. The molecule has 0 saturated heterocycles. The zero-order valence-corrected chi connectivity index (χ0v) is 16.6. The van der Waals surface area contributed by atoms with Gasteiger partial charge in [-0.2, -0.15) is 14.9 Å². The number of anilines is 1. The molecule has 0 spiro atoms. The van der Waals surface area contributed by atoms with Crippen LogP contribution in [0, 0.1) is 4.77 Å². The molecule has 1 N–H and O–H groups in total. The normalized spacial score (nSPS) is 11.2. The predicted octanol–water partition coefficient (Wildman–Crippen LogP) is 5.12. The zero-order valence-electron chi connectivity index (χ0n) is 15.8. The molecule has 27 heavy (non-hydrogen) atoms. The molecule has 1 heterocycles. The molecule has 0 atom stereocenters. The Labute approximate surface area is 165 Å². The minimum atomic E-state index is 0.471. The molecule has 3 rings (SSSR count). The lowest BCUT2D eigenvalue weighted by Gasteiger charge is -2.23. The van der Waals surface area contributed by atoms with E-state index < -0.39 is 0 Å². The number of aromatic amines is 1. The molecule has 0 bridgehead atoms. The van der Waals surface area contributed by atoms with Crippen LogP contribution < -0.4 is 4.90 Å². The summed E-state index contributed by atoms with van der Waals surface area (Å²) in [5, 5.41) is 11.7. The minimum Gasteiger partial charge on any atom is -0.372 e. The van der Waals surface area contributed by atoms with Gasteiger partial charge in [0.15, 0.2) is 5.82 Å². The van der Waals surface area contributed by atoms with Crippen molar-refractivity contribution in [3.63, 3.8) is 0 Å². The lowest BCUT2D eigenvalue weighted by Crippen LogP contribution is -2.24. The molecule has 0 unspecified atom stereocenters. The van der Waals surface area contributed by atoms with Gasteiger partial charge in [-0.05, 0) is 42.8 Å². The molecular weight excluding hydrogens is 354 g/mol. The van der Waals surface area contributed by atoms with Crippen LogP contribution in [0.1, 0.15) is 32.3 Å². The van der Waals surface area contributed by atoms with E-state index >= 15 is 0 Å². The summed E-state index contributed by atoms with van der Waals surface area (Å²) in [5.41, 5.74) is 3.24. The van der Waals surface area contributed by atoms with Gasteiger partial charge >= 0.3 is 0 Å². The summed E-state index contributed by atoms with van der Waals surface area (Å²) < 4.78 is 2.12. The van der Waals surface area contributed by atoms with Gasteiger partial charge in [0, 0.05) is 24.3 Å². The summed E-state index contributed by atoms with van der Waals surface area (Å²) in [6, 6.07) is 18.4. The Morgan fingerprint density at radius 1 is 1.04 bits per heavy atom. The van der Waals surface area contributed by atoms with Gasteiger partial charge in [0.05, 0.1) is 6.21 Å². The van der Waals surface area contributed by atoms with Crippen LogP contribution in [0.4, 0.5) is 5.69 Å². The Bertz CT molecular complexity index is 919. The Kier molecular flexibility index (Phi) is 6.54. The molecule has 0 aliphatic heterocycles. The van der Waals surface area contributed by atoms with Crippen molar-refractivity contribution in [2.75, 3.05) is 18.0 Å². The SMILES string of the molecule is CCCN(CCC)c1ccc(C=Nn2c(-c3ccccc3)n[nH]c2=S)cc1. The van der Waals surface area contributed by atoms with Crippen molar-refractivity contribution < 1.29 is 0 Å². The van der Waals surface area contributed by atoms with E-state index in [0.717, 1.165) is 37.1 Å². The van der Waals surface area contributed by atoms with Gasteiger partial charge in [-0.3, -0.25) is 0 Å². The highest BCUT2D eigenvalue weighted by Gasteiger charge is 2.07. The van der Waals surface area contributed by atoms with Crippen molar-refractivity contribution in [3.05, 3.63) is 64.9 Å². The Morgan fingerprint density at radius 3 is 2.33 bits per heavy atom. The van der Waals surface area contributed by atoms with Crippen LogP contribution in [0.2, 0.25) is 0 Å². The van der Waals surface area contributed by atoms with Gasteiger partial charge < -0.3 is 4.90 Å². The molecule has 0 aliphatic rings. The van der Waals surface area contributed by atoms with Gasteiger partial charge in [-0.15, -0.1) is 0 Å². The number of hydrogen-bond acceptors (Lipinski definition) is 4. The second-order valence-corrected chi connectivity index (χ2v) is 6.74. The lowest BCUT2D eigenvalue weighted by atomic mass is 10.2. The van der Waals surface area contributed by atoms with Crippen molar-refractivity contribution in [1.29, 1.82) is 0 Å². The summed E-state index contributed by atoms with van der Waals surface area (Å²) in [5.74, 6) is 0.700. The monoisotopic (exact) mass is 379 g/mol. The summed E-state index contributed by atoms with van der Waals surface area (Å²) in [7, 11) is 0. The van der Waals surface area contributed by atoms with E-state index in [1.165, 1.54) is 5.69 Å². The fourth-order valence-electron chi connectivity index (χ4n) is 2.98. The molecule has 5 nitrogen and oxygen atoms in total. The molecule has 3 aromatic rings. The highest BCUT2D eigenvalue weighted by molar-refractivity contribution is 7.71. The number of aromatic nitrogens is 3. The van der Waals surface area contributed by atoms with E-state index in [0.29, 0.717) is 10.6 Å². The van der Waals surface area contributed by atoms with Crippen molar-refractivity contribution in [3.8, 4) is 11.4 Å². The standard InChI is InChI=1S/C21H25N5S/c1-3-14-25(15-4-2)19-12-10-17(11-13-19)16-22-26-20(23-24-21(26)27)18-8-6-5-7-9-18/h5-13,16H,3-4,14-15H2,1-2H3,(H,24,27). The highest BCUT2D eigenvalue weighted by Crippen LogP contribution is 2.18.